The molecule has 6 nitrogen and oxygen atoms in total. The molecule has 2 rings (SSSR count). The van der Waals surface area contributed by atoms with E-state index < -0.39 is 0 Å². The SMILES string of the molecule is COc1ccc(OC)c(/C=N/NC(=O)COc2ccc(C)cc2Br)c1. The highest BCUT2D eigenvalue weighted by Gasteiger charge is 2.06. The Hall–Kier alpha value is -2.54. The molecule has 132 valence electrons. The van der Waals surface area contributed by atoms with E-state index >= 15 is 0 Å². The van der Waals surface area contributed by atoms with Gasteiger partial charge in [-0.2, -0.15) is 5.10 Å². The molecule has 0 aromatic heterocycles. The molecule has 0 fully saturated rings. The molecule has 0 heterocycles. The van der Waals surface area contributed by atoms with Crippen LogP contribution in [0, 0.1) is 6.92 Å². The summed E-state index contributed by atoms with van der Waals surface area (Å²) in [6.07, 6.45) is 1.49. The number of carbonyl (C=O) groups excluding carboxylic acids is 1. The normalized spacial score (nSPS) is 10.6. The van der Waals surface area contributed by atoms with E-state index in [1.54, 1.807) is 38.5 Å². The van der Waals surface area contributed by atoms with Crippen LogP contribution in [0.4, 0.5) is 0 Å². The number of rotatable bonds is 7. The Morgan fingerprint density at radius 3 is 2.60 bits per heavy atom. The van der Waals surface area contributed by atoms with Gasteiger partial charge >= 0.3 is 0 Å². The molecule has 0 bridgehead atoms. The Labute approximate surface area is 154 Å². The highest BCUT2D eigenvalue weighted by atomic mass is 79.9. The maximum absolute atomic E-state index is 11.8. The predicted molar refractivity (Wildman–Crippen MR) is 99.7 cm³/mol. The van der Waals surface area contributed by atoms with Crippen molar-refractivity contribution in [3.05, 3.63) is 52.0 Å². The van der Waals surface area contributed by atoms with Crippen LogP contribution >= 0.6 is 15.9 Å². The summed E-state index contributed by atoms with van der Waals surface area (Å²) >= 11 is 3.40. The summed E-state index contributed by atoms with van der Waals surface area (Å²) in [5.74, 6) is 1.52. The molecule has 0 aliphatic heterocycles. The molecule has 0 radical (unpaired) electrons. The third-order valence-electron chi connectivity index (χ3n) is 3.28. The quantitative estimate of drug-likeness (QED) is 0.565. The zero-order chi connectivity index (χ0) is 18.2. The summed E-state index contributed by atoms with van der Waals surface area (Å²) < 4.78 is 16.7. The van der Waals surface area contributed by atoms with Crippen molar-refractivity contribution in [1.29, 1.82) is 0 Å². The molecule has 1 amide bonds. The summed E-state index contributed by atoms with van der Waals surface area (Å²) in [5.41, 5.74) is 4.20. The predicted octanol–water partition coefficient (Wildman–Crippen LogP) is 3.30. The molecule has 2 aromatic carbocycles. The summed E-state index contributed by atoms with van der Waals surface area (Å²) in [4.78, 5) is 11.8. The minimum atomic E-state index is -0.370. The maximum Gasteiger partial charge on any atom is 0.277 e. The van der Waals surface area contributed by atoms with E-state index in [-0.39, 0.29) is 12.5 Å². The van der Waals surface area contributed by atoms with Gasteiger partial charge in [-0.05, 0) is 58.7 Å². The van der Waals surface area contributed by atoms with Gasteiger partial charge in [0, 0.05) is 5.56 Å². The van der Waals surface area contributed by atoms with Gasteiger partial charge < -0.3 is 14.2 Å². The third kappa shape index (κ3) is 5.49. The van der Waals surface area contributed by atoms with E-state index in [0.29, 0.717) is 22.8 Å². The number of nitrogens with one attached hydrogen (secondary N) is 1. The highest BCUT2D eigenvalue weighted by Crippen LogP contribution is 2.25. The first kappa shape index (κ1) is 18.8. The van der Waals surface area contributed by atoms with Crippen molar-refractivity contribution < 1.29 is 19.0 Å². The van der Waals surface area contributed by atoms with E-state index in [1.807, 2.05) is 19.1 Å². The van der Waals surface area contributed by atoms with Gasteiger partial charge in [-0.3, -0.25) is 4.79 Å². The second kappa shape index (κ2) is 9.08. The van der Waals surface area contributed by atoms with E-state index in [2.05, 4.69) is 26.5 Å². The van der Waals surface area contributed by atoms with Gasteiger partial charge in [0.15, 0.2) is 6.61 Å². The smallest absolute Gasteiger partial charge is 0.277 e. The molecule has 0 saturated heterocycles. The topological polar surface area (TPSA) is 69.2 Å². The molecular formula is C18H19BrN2O4. The molecule has 0 aliphatic rings. The van der Waals surface area contributed by atoms with Crippen molar-refractivity contribution in [2.75, 3.05) is 20.8 Å². The van der Waals surface area contributed by atoms with Crippen LogP contribution in [0.5, 0.6) is 17.2 Å². The fourth-order valence-electron chi connectivity index (χ4n) is 2.01. The van der Waals surface area contributed by atoms with Crippen LogP contribution in [0.25, 0.3) is 0 Å². The summed E-state index contributed by atoms with van der Waals surface area (Å²) in [5, 5.41) is 3.92. The average molecular weight is 407 g/mol. The molecule has 0 spiro atoms. The zero-order valence-electron chi connectivity index (χ0n) is 14.2. The number of aryl methyl sites for hydroxylation is 1. The first-order chi connectivity index (χ1) is 12.0. The second-order valence-electron chi connectivity index (χ2n) is 5.12. The third-order valence-corrected chi connectivity index (χ3v) is 3.90. The molecule has 0 saturated carbocycles. The molecule has 0 atom stereocenters. The van der Waals surface area contributed by atoms with Crippen molar-refractivity contribution >= 4 is 28.1 Å². The van der Waals surface area contributed by atoms with Crippen LogP contribution in [0.1, 0.15) is 11.1 Å². The number of nitrogens with zero attached hydrogens (tertiary/aromatic N) is 1. The number of hydrazone groups is 1. The Morgan fingerprint density at radius 2 is 1.92 bits per heavy atom. The van der Waals surface area contributed by atoms with Crippen LogP contribution < -0.4 is 19.6 Å². The average Bonchev–Trinajstić information content (AvgIpc) is 2.60. The van der Waals surface area contributed by atoms with Gasteiger partial charge in [-0.15, -0.1) is 0 Å². The second-order valence-corrected chi connectivity index (χ2v) is 5.98. The van der Waals surface area contributed by atoms with Crippen LogP contribution in [0.15, 0.2) is 46.0 Å². The van der Waals surface area contributed by atoms with Crippen molar-refractivity contribution in [3.63, 3.8) is 0 Å². The number of carbonyl (C=O) groups is 1. The summed E-state index contributed by atoms with van der Waals surface area (Å²) in [7, 11) is 3.13. The lowest BCUT2D eigenvalue weighted by atomic mass is 10.2. The summed E-state index contributed by atoms with van der Waals surface area (Å²) in [6.45, 7) is 1.83. The minimum Gasteiger partial charge on any atom is -0.497 e. The van der Waals surface area contributed by atoms with Crippen LogP contribution in [-0.2, 0) is 4.79 Å². The fourth-order valence-corrected chi connectivity index (χ4v) is 2.62. The highest BCUT2D eigenvalue weighted by molar-refractivity contribution is 9.10. The number of ether oxygens (including phenoxy) is 3. The fraction of sp³-hybridized carbons (Fsp3) is 0.222. The zero-order valence-corrected chi connectivity index (χ0v) is 15.8. The number of hydrogen-bond acceptors (Lipinski definition) is 5. The number of halogens is 1. The molecule has 7 heteroatoms. The number of amides is 1. The van der Waals surface area contributed by atoms with E-state index in [1.165, 1.54) is 6.21 Å². The van der Waals surface area contributed by atoms with Crippen molar-refractivity contribution in [2.45, 2.75) is 6.92 Å². The monoisotopic (exact) mass is 406 g/mol. The minimum absolute atomic E-state index is 0.145. The van der Waals surface area contributed by atoms with Gasteiger partial charge in [0.1, 0.15) is 17.2 Å². The Bertz CT molecular complexity index is 778. The lowest BCUT2D eigenvalue weighted by Gasteiger charge is -2.08. The number of hydrogen-bond donors (Lipinski definition) is 1. The van der Waals surface area contributed by atoms with Crippen LogP contribution in [0.3, 0.4) is 0 Å². The molecular weight excluding hydrogens is 388 g/mol. The standard InChI is InChI=1S/C18H19BrN2O4/c1-12-4-6-17(15(19)8-12)25-11-18(22)21-20-10-13-9-14(23-2)5-7-16(13)24-3/h4-10H,11H2,1-3H3,(H,21,22)/b20-10+. The molecule has 25 heavy (non-hydrogen) atoms. The Balaban J connectivity index is 1.92. The van der Waals surface area contributed by atoms with Crippen molar-refractivity contribution in [2.24, 2.45) is 5.10 Å². The maximum atomic E-state index is 11.8. The van der Waals surface area contributed by atoms with Gasteiger partial charge in [-0.25, -0.2) is 5.43 Å². The largest absolute Gasteiger partial charge is 0.497 e. The lowest BCUT2D eigenvalue weighted by molar-refractivity contribution is -0.123. The van der Waals surface area contributed by atoms with Gasteiger partial charge in [0.05, 0.1) is 24.9 Å². The number of benzene rings is 2. The molecule has 0 unspecified atom stereocenters. The summed E-state index contributed by atoms with van der Waals surface area (Å²) in [6, 6.07) is 10.9. The van der Waals surface area contributed by atoms with Crippen LogP contribution in [0.2, 0.25) is 0 Å². The van der Waals surface area contributed by atoms with Gasteiger partial charge in [0.2, 0.25) is 0 Å². The molecule has 1 N–H and O–H groups in total. The van der Waals surface area contributed by atoms with E-state index in [9.17, 15) is 4.79 Å². The Kier molecular flexibility index (Phi) is 6.82. The van der Waals surface area contributed by atoms with Crippen molar-refractivity contribution in [3.8, 4) is 17.2 Å². The number of methoxy groups -OCH3 is 2. The Morgan fingerprint density at radius 1 is 1.16 bits per heavy atom. The van der Waals surface area contributed by atoms with Crippen molar-refractivity contribution in [1.82, 2.24) is 5.43 Å². The van der Waals surface area contributed by atoms with E-state index in [0.717, 1.165) is 10.0 Å². The molecule has 0 aliphatic carbocycles. The lowest BCUT2D eigenvalue weighted by Crippen LogP contribution is -2.24. The van der Waals surface area contributed by atoms with Gasteiger partial charge in [-0.1, -0.05) is 6.07 Å². The van der Waals surface area contributed by atoms with Crippen LogP contribution in [-0.4, -0.2) is 32.9 Å². The molecule has 2 aromatic rings. The first-order valence-corrected chi connectivity index (χ1v) is 8.25. The first-order valence-electron chi connectivity index (χ1n) is 7.46. The van der Waals surface area contributed by atoms with Gasteiger partial charge in [0.25, 0.3) is 5.91 Å². The van der Waals surface area contributed by atoms with E-state index in [4.69, 9.17) is 14.2 Å².